The Hall–Kier alpha value is -1.82. The molecule has 5 nitrogen and oxygen atoms in total. The minimum Gasteiger partial charge on any atom is -0.243 e. The average molecular weight is 203 g/mol. The molecule has 3 aromatic heterocycles. The Bertz CT molecular complexity index is 523. The Morgan fingerprint density at radius 2 is 2.36 bits per heavy atom. The summed E-state index contributed by atoms with van der Waals surface area (Å²) in [6.07, 6.45) is 6.82. The second-order valence-corrected chi connectivity index (χ2v) is 3.67. The molecule has 0 saturated heterocycles. The van der Waals surface area contributed by atoms with Crippen molar-refractivity contribution in [2.24, 2.45) is 0 Å². The molecule has 0 aliphatic carbocycles. The molecule has 0 bridgehead atoms. The van der Waals surface area contributed by atoms with E-state index in [1.807, 2.05) is 12.3 Å². The van der Waals surface area contributed by atoms with Crippen molar-refractivity contribution in [3.8, 4) is 5.13 Å². The van der Waals surface area contributed by atoms with Crippen molar-refractivity contribution in [1.29, 1.82) is 0 Å². The molecule has 0 amide bonds. The summed E-state index contributed by atoms with van der Waals surface area (Å²) < 4.78 is 2.69. The first-order valence-corrected chi connectivity index (χ1v) is 4.82. The van der Waals surface area contributed by atoms with Crippen LogP contribution >= 0.6 is 11.3 Å². The lowest BCUT2D eigenvalue weighted by atomic mass is 10.6. The summed E-state index contributed by atoms with van der Waals surface area (Å²) in [5.74, 6) is 0. The summed E-state index contributed by atoms with van der Waals surface area (Å²) in [6, 6.07) is 1.86. The summed E-state index contributed by atoms with van der Waals surface area (Å²) in [5, 5.41) is 4.91. The van der Waals surface area contributed by atoms with Crippen molar-refractivity contribution >= 4 is 21.7 Å². The lowest BCUT2D eigenvalue weighted by Crippen LogP contribution is -1.91. The fraction of sp³-hybridized carbons (Fsp3) is 0. The second kappa shape index (κ2) is 2.85. The first kappa shape index (κ1) is 7.57. The number of hydrogen-bond acceptors (Lipinski definition) is 5. The number of fused-ring (bicyclic) bond motifs is 1. The molecule has 0 spiro atoms. The van der Waals surface area contributed by atoms with Crippen LogP contribution in [0.4, 0.5) is 0 Å². The predicted molar refractivity (Wildman–Crippen MR) is 52.3 cm³/mol. The fourth-order valence-electron chi connectivity index (χ4n) is 1.16. The van der Waals surface area contributed by atoms with Gasteiger partial charge in [0.25, 0.3) is 0 Å². The van der Waals surface area contributed by atoms with E-state index in [-0.39, 0.29) is 0 Å². The van der Waals surface area contributed by atoms with Crippen LogP contribution < -0.4 is 0 Å². The molecule has 0 aliphatic rings. The van der Waals surface area contributed by atoms with Crippen molar-refractivity contribution in [2.75, 3.05) is 0 Å². The number of rotatable bonds is 1. The van der Waals surface area contributed by atoms with E-state index in [1.165, 1.54) is 17.7 Å². The zero-order valence-corrected chi connectivity index (χ0v) is 7.85. The number of thiazole rings is 1. The number of hydrogen-bond donors (Lipinski definition) is 0. The summed E-state index contributed by atoms with van der Waals surface area (Å²) in [5.41, 5.74) is 0.718. The van der Waals surface area contributed by atoms with Gasteiger partial charge in [-0.25, -0.2) is 14.6 Å². The van der Waals surface area contributed by atoms with Gasteiger partial charge >= 0.3 is 0 Å². The number of aromatic nitrogens is 5. The normalized spacial score (nSPS) is 10.9. The lowest BCUT2D eigenvalue weighted by molar-refractivity contribution is 0.871. The standard InChI is InChI=1S/C8H5N5S/c1-2-11-13(3-1)8-12-7-6(14-8)4-9-5-10-7/h1-5H. The number of nitrogens with zero attached hydrogens (tertiary/aromatic N) is 5. The molecule has 0 atom stereocenters. The van der Waals surface area contributed by atoms with Gasteiger partial charge in [0.15, 0.2) is 5.65 Å². The van der Waals surface area contributed by atoms with Gasteiger partial charge in [-0.05, 0) is 6.07 Å². The molecule has 0 unspecified atom stereocenters. The third-order valence-electron chi connectivity index (χ3n) is 1.76. The molecule has 0 radical (unpaired) electrons. The highest BCUT2D eigenvalue weighted by Crippen LogP contribution is 2.21. The van der Waals surface area contributed by atoms with Crippen LogP contribution in [0.5, 0.6) is 0 Å². The SMILES string of the molecule is c1cnn(-c2nc3ncncc3s2)c1. The first-order valence-electron chi connectivity index (χ1n) is 4.00. The van der Waals surface area contributed by atoms with Gasteiger partial charge in [-0.3, -0.25) is 0 Å². The van der Waals surface area contributed by atoms with Crippen LogP contribution in [0.3, 0.4) is 0 Å². The van der Waals surface area contributed by atoms with Gasteiger partial charge in [-0.1, -0.05) is 11.3 Å². The monoisotopic (exact) mass is 203 g/mol. The maximum Gasteiger partial charge on any atom is 0.213 e. The summed E-state index contributed by atoms with van der Waals surface area (Å²) >= 11 is 1.52. The molecule has 3 heterocycles. The third-order valence-corrected chi connectivity index (χ3v) is 2.73. The molecule has 14 heavy (non-hydrogen) atoms. The molecule has 0 saturated carbocycles. The Morgan fingerprint density at radius 1 is 1.36 bits per heavy atom. The van der Waals surface area contributed by atoms with Crippen LogP contribution in [-0.4, -0.2) is 24.7 Å². The van der Waals surface area contributed by atoms with Crippen molar-refractivity contribution in [3.05, 3.63) is 31.0 Å². The molecular weight excluding hydrogens is 198 g/mol. The van der Waals surface area contributed by atoms with E-state index in [1.54, 1.807) is 17.1 Å². The highest BCUT2D eigenvalue weighted by Gasteiger charge is 2.05. The van der Waals surface area contributed by atoms with Crippen LogP contribution in [0.2, 0.25) is 0 Å². The van der Waals surface area contributed by atoms with Gasteiger partial charge in [-0.15, -0.1) is 0 Å². The second-order valence-electron chi connectivity index (χ2n) is 2.66. The van der Waals surface area contributed by atoms with E-state index in [0.29, 0.717) is 0 Å². The zero-order chi connectivity index (χ0) is 9.38. The van der Waals surface area contributed by atoms with Crippen molar-refractivity contribution in [2.45, 2.75) is 0 Å². The minimum atomic E-state index is 0.718. The summed E-state index contributed by atoms with van der Waals surface area (Å²) in [7, 11) is 0. The van der Waals surface area contributed by atoms with E-state index in [4.69, 9.17) is 0 Å². The van der Waals surface area contributed by atoms with E-state index < -0.39 is 0 Å². The smallest absolute Gasteiger partial charge is 0.213 e. The summed E-state index contributed by atoms with van der Waals surface area (Å²) in [6.45, 7) is 0. The lowest BCUT2D eigenvalue weighted by Gasteiger charge is -1.89. The Balaban J connectivity index is 2.24. The quantitative estimate of drug-likeness (QED) is 0.597. The largest absolute Gasteiger partial charge is 0.243 e. The molecule has 6 heteroatoms. The molecule has 0 N–H and O–H groups in total. The van der Waals surface area contributed by atoms with Crippen molar-refractivity contribution in [3.63, 3.8) is 0 Å². The van der Waals surface area contributed by atoms with E-state index in [0.717, 1.165) is 15.5 Å². The van der Waals surface area contributed by atoms with Crippen molar-refractivity contribution in [1.82, 2.24) is 24.7 Å². The Labute approximate surface area is 83.1 Å². The van der Waals surface area contributed by atoms with Gasteiger partial charge in [0.1, 0.15) is 6.33 Å². The Kier molecular flexibility index (Phi) is 1.54. The fourth-order valence-corrected chi connectivity index (χ4v) is 1.99. The molecule has 0 aromatic carbocycles. The minimum absolute atomic E-state index is 0.718. The van der Waals surface area contributed by atoms with Crippen LogP contribution in [0.15, 0.2) is 31.0 Å². The highest BCUT2D eigenvalue weighted by atomic mass is 32.1. The Morgan fingerprint density at radius 3 is 3.14 bits per heavy atom. The van der Waals surface area contributed by atoms with Gasteiger partial charge in [-0.2, -0.15) is 10.1 Å². The predicted octanol–water partition coefficient (Wildman–Crippen LogP) is 1.27. The van der Waals surface area contributed by atoms with Gasteiger partial charge in [0.05, 0.1) is 4.70 Å². The maximum absolute atomic E-state index is 4.32. The third kappa shape index (κ3) is 1.08. The van der Waals surface area contributed by atoms with Gasteiger partial charge in [0.2, 0.25) is 5.13 Å². The van der Waals surface area contributed by atoms with Gasteiger partial charge in [0, 0.05) is 18.6 Å². The maximum atomic E-state index is 4.32. The molecule has 3 aromatic rings. The molecular formula is C8H5N5S. The van der Waals surface area contributed by atoms with Crippen LogP contribution in [0, 0.1) is 0 Å². The van der Waals surface area contributed by atoms with Crippen LogP contribution in [0.1, 0.15) is 0 Å². The molecule has 0 aliphatic heterocycles. The summed E-state index contributed by atoms with van der Waals surface area (Å²) in [4.78, 5) is 12.3. The van der Waals surface area contributed by atoms with Crippen LogP contribution in [-0.2, 0) is 0 Å². The first-order chi connectivity index (χ1) is 6.93. The zero-order valence-electron chi connectivity index (χ0n) is 7.03. The average Bonchev–Trinajstić information content (AvgIpc) is 2.86. The van der Waals surface area contributed by atoms with E-state index in [2.05, 4.69) is 20.1 Å². The van der Waals surface area contributed by atoms with Crippen molar-refractivity contribution < 1.29 is 0 Å². The van der Waals surface area contributed by atoms with Crippen LogP contribution in [0.25, 0.3) is 15.5 Å². The van der Waals surface area contributed by atoms with E-state index in [9.17, 15) is 0 Å². The molecule has 68 valence electrons. The topological polar surface area (TPSA) is 56.5 Å². The molecule has 3 rings (SSSR count). The van der Waals surface area contributed by atoms with E-state index >= 15 is 0 Å². The molecule has 0 fully saturated rings. The highest BCUT2D eigenvalue weighted by molar-refractivity contribution is 7.20. The van der Waals surface area contributed by atoms with Gasteiger partial charge < -0.3 is 0 Å².